The van der Waals surface area contributed by atoms with E-state index in [1.165, 1.54) is 0 Å². The Kier molecular flexibility index (Phi) is 4.53. The standard InChI is InChI=1S/C12H20N6O/c1-3-4-9(8-19-2)15-11-12-14-5-6-18(12)7-10(16-11)17-13/h5-7,9,17H,3-4,8,13H2,1-2H3,(H,15,16). The first-order valence-electron chi connectivity index (χ1n) is 6.34. The summed E-state index contributed by atoms with van der Waals surface area (Å²) in [4.78, 5) is 8.71. The molecule has 104 valence electrons. The molecule has 0 aliphatic rings. The van der Waals surface area contributed by atoms with Crippen LogP contribution in [0.1, 0.15) is 19.8 Å². The fraction of sp³-hybridized carbons (Fsp3) is 0.500. The molecule has 1 atom stereocenters. The molecule has 7 heteroatoms. The van der Waals surface area contributed by atoms with E-state index < -0.39 is 0 Å². The molecule has 0 aromatic carbocycles. The minimum Gasteiger partial charge on any atom is -0.383 e. The minimum absolute atomic E-state index is 0.205. The first-order valence-corrected chi connectivity index (χ1v) is 6.34. The monoisotopic (exact) mass is 264 g/mol. The SMILES string of the molecule is CCCC(COC)Nc1nc(NN)cn2ccnc12. The number of hydrogen-bond acceptors (Lipinski definition) is 6. The van der Waals surface area contributed by atoms with Gasteiger partial charge in [-0.2, -0.15) is 0 Å². The molecule has 1 unspecified atom stereocenters. The lowest BCUT2D eigenvalue weighted by molar-refractivity contribution is 0.182. The number of anilines is 2. The van der Waals surface area contributed by atoms with E-state index in [4.69, 9.17) is 10.6 Å². The van der Waals surface area contributed by atoms with Gasteiger partial charge >= 0.3 is 0 Å². The van der Waals surface area contributed by atoms with E-state index in [2.05, 4.69) is 27.6 Å². The topological polar surface area (TPSA) is 89.5 Å². The van der Waals surface area contributed by atoms with E-state index in [0.717, 1.165) is 18.5 Å². The van der Waals surface area contributed by atoms with E-state index in [1.54, 1.807) is 19.5 Å². The average Bonchev–Trinajstić information content (AvgIpc) is 2.87. The highest BCUT2D eigenvalue weighted by Crippen LogP contribution is 2.17. The van der Waals surface area contributed by atoms with Gasteiger partial charge in [0.05, 0.1) is 18.8 Å². The first kappa shape index (κ1) is 13.6. The van der Waals surface area contributed by atoms with Crippen LogP contribution >= 0.6 is 0 Å². The van der Waals surface area contributed by atoms with Crippen molar-refractivity contribution in [2.75, 3.05) is 24.5 Å². The summed E-state index contributed by atoms with van der Waals surface area (Å²) in [6.07, 6.45) is 7.45. The number of nitrogen functional groups attached to an aromatic ring is 1. The van der Waals surface area contributed by atoms with Gasteiger partial charge in [0.1, 0.15) is 0 Å². The summed E-state index contributed by atoms with van der Waals surface area (Å²) < 4.78 is 7.10. The predicted molar refractivity (Wildman–Crippen MR) is 75.0 cm³/mol. The second-order valence-corrected chi connectivity index (χ2v) is 4.36. The number of hydrazine groups is 1. The highest BCUT2D eigenvalue weighted by atomic mass is 16.5. The molecule has 0 radical (unpaired) electrons. The van der Waals surface area contributed by atoms with Crippen molar-refractivity contribution < 1.29 is 4.74 Å². The van der Waals surface area contributed by atoms with Gasteiger partial charge in [0.2, 0.25) is 0 Å². The van der Waals surface area contributed by atoms with Gasteiger partial charge in [-0.25, -0.2) is 15.8 Å². The van der Waals surface area contributed by atoms with Crippen LogP contribution in [0.2, 0.25) is 0 Å². The van der Waals surface area contributed by atoms with Crippen LogP contribution in [-0.4, -0.2) is 34.1 Å². The largest absolute Gasteiger partial charge is 0.383 e. The number of nitrogens with two attached hydrogens (primary N) is 1. The molecule has 0 aliphatic heterocycles. The van der Waals surface area contributed by atoms with Gasteiger partial charge in [0, 0.05) is 19.5 Å². The van der Waals surface area contributed by atoms with E-state index in [1.807, 2.05) is 10.6 Å². The zero-order valence-electron chi connectivity index (χ0n) is 11.3. The second kappa shape index (κ2) is 6.35. The zero-order valence-corrected chi connectivity index (χ0v) is 11.3. The van der Waals surface area contributed by atoms with Crippen molar-refractivity contribution in [3.05, 3.63) is 18.6 Å². The number of fused-ring (bicyclic) bond motifs is 1. The summed E-state index contributed by atoms with van der Waals surface area (Å²) in [5, 5.41) is 3.37. The number of nitrogens with one attached hydrogen (secondary N) is 2. The van der Waals surface area contributed by atoms with Crippen LogP contribution in [0.15, 0.2) is 18.6 Å². The minimum atomic E-state index is 0.205. The Morgan fingerprint density at radius 1 is 1.53 bits per heavy atom. The third kappa shape index (κ3) is 3.12. The Hall–Kier alpha value is -1.86. The summed E-state index contributed by atoms with van der Waals surface area (Å²) in [6.45, 7) is 2.77. The van der Waals surface area contributed by atoms with Crippen LogP contribution < -0.4 is 16.6 Å². The van der Waals surface area contributed by atoms with Crippen molar-refractivity contribution in [2.24, 2.45) is 5.84 Å². The van der Waals surface area contributed by atoms with Gasteiger partial charge in [-0.3, -0.25) is 0 Å². The summed E-state index contributed by atoms with van der Waals surface area (Å²) >= 11 is 0. The van der Waals surface area contributed by atoms with Crippen LogP contribution in [0.5, 0.6) is 0 Å². The Balaban J connectivity index is 2.28. The molecule has 0 aliphatic carbocycles. The lowest BCUT2D eigenvalue weighted by atomic mass is 10.2. The Labute approximate surface area is 112 Å². The van der Waals surface area contributed by atoms with Gasteiger partial charge in [-0.05, 0) is 6.42 Å². The molecule has 0 amide bonds. The molecule has 2 heterocycles. The van der Waals surface area contributed by atoms with E-state index >= 15 is 0 Å². The maximum Gasteiger partial charge on any atom is 0.180 e. The zero-order chi connectivity index (χ0) is 13.7. The van der Waals surface area contributed by atoms with Crippen molar-refractivity contribution in [1.82, 2.24) is 14.4 Å². The molecule has 0 saturated carbocycles. The normalized spacial score (nSPS) is 12.6. The Morgan fingerprint density at radius 2 is 2.37 bits per heavy atom. The van der Waals surface area contributed by atoms with E-state index in [9.17, 15) is 0 Å². The highest BCUT2D eigenvalue weighted by Gasteiger charge is 2.12. The second-order valence-electron chi connectivity index (χ2n) is 4.36. The number of imidazole rings is 1. The predicted octanol–water partition coefficient (Wildman–Crippen LogP) is 1.24. The molecule has 4 N–H and O–H groups in total. The van der Waals surface area contributed by atoms with Crippen molar-refractivity contribution >= 4 is 17.3 Å². The molecule has 7 nitrogen and oxygen atoms in total. The number of nitrogens with zero attached hydrogens (tertiary/aromatic N) is 3. The first-order chi connectivity index (χ1) is 9.28. The molecule has 0 bridgehead atoms. The van der Waals surface area contributed by atoms with Gasteiger partial charge in [0.25, 0.3) is 0 Å². The van der Waals surface area contributed by atoms with Crippen LogP contribution in [0.3, 0.4) is 0 Å². The smallest absolute Gasteiger partial charge is 0.180 e. The van der Waals surface area contributed by atoms with Gasteiger partial charge < -0.3 is 19.9 Å². The maximum absolute atomic E-state index is 5.43. The lowest BCUT2D eigenvalue weighted by Gasteiger charge is -2.18. The number of ether oxygens (including phenoxy) is 1. The third-order valence-corrected chi connectivity index (χ3v) is 2.87. The molecule has 0 fully saturated rings. The number of rotatable bonds is 7. The third-order valence-electron chi connectivity index (χ3n) is 2.87. The van der Waals surface area contributed by atoms with Gasteiger partial charge in [0.15, 0.2) is 17.3 Å². The van der Waals surface area contributed by atoms with Crippen molar-refractivity contribution in [2.45, 2.75) is 25.8 Å². The van der Waals surface area contributed by atoms with Gasteiger partial charge in [-0.15, -0.1) is 0 Å². The fourth-order valence-electron chi connectivity index (χ4n) is 2.04. The molecule has 0 saturated heterocycles. The number of hydrogen-bond donors (Lipinski definition) is 3. The molecule has 19 heavy (non-hydrogen) atoms. The molecule has 2 rings (SSSR count). The summed E-state index contributed by atoms with van der Waals surface area (Å²) in [6, 6.07) is 0.205. The molecule has 2 aromatic rings. The van der Waals surface area contributed by atoms with Crippen LogP contribution in [-0.2, 0) is 4.74 Å². The van der Waals surface area contributed by atoms with Crippen LogP contribution in [0, 0.1) is 0 Å². The van der Waals surface area contributed by atoms with Crippen LogP contribution in [0.4, 0.5) is 11.6 Å². The Morgan fingerprint density at radius 3 is 3.05 bits per heavy atom. The highest BCUT2D eigenvalue weighted by molar-refractivity contribution is 5.65. The average molecular weight is 264 g/mol. The van der Waals surface area contributed by atoms with E-state index in [-0.39, 0.29) is 6.04 Å². The van der Waals surface area contributed by atoms with Crippen LogP contribution in [0.25, 0.3) is 5.65 Å². The molecule has 0 spiro atoms. The lowest BCUT2D eigenvalue weighted by Crippen LogP contribution is -2.26. The number of methoxy groups -OCH3 is 1. The van der Waals surface area contributed by atoms with Crippen molar-refractivity contribution in [1.29, 1.82) is 0 Å². The van der Waals surface area contributed by atoms with Crippen molar-refractivity contribution in [3.63, 3.8) is 0 Å². The van der Waals surface area contributed by atoms with E-state index in [0.29, 0.717) is 18.2 Å². The maximum atomic E-state index is 5.43. The Bertz CT molecular complexity index is 520. The summed E-state index contributed by atoms with van der Waals surface area (Å²) in [7, 11) is 1.70. The summed E-state index contributed by atoms with van der Waals surface area (Å²) in [5.41, 5.74) is 3.33. The molecular formula is C12H20N6O. The quantitative estimate of drug-likeness (QED) is 0.515. The van der Waals surface area contributed by atoms with Crippen molar-refractivity contribution in [3.8, 4) is 0 Å². The fourth-order valence-corrected chi connectivity index (χ4v) is 2.04. The molecule has 2 aromatic heterocycles. The van der Waals surface area contributed by atoms with Gasteiger partial charge in [-0.1, -0.05) is 13.3 Å². The summed E-state index contributed by atoms with van der Waals surface area (Å²) in [5.74, 6) is 6.72. The number of aromatic nitrogens is 3. The molecular weight excluding hydrogens is 244 g/mol.